The largest absolute Gasteiger partial charge is 0.512 e. The summed E-state index contributed by atoms with van der Waals surface area (Å²) < 4.78 is 40.9. The van der Waals surface area contributed by atoms with Crippen LogP contribution in [0.25, 0.3) is 43.0 Å². The SMILES string of the molecule is CCC(CC)C(=O)/C=C(\O)C(CC)CC.Cc1[c-]c(-c2ncnc3c(C)c(-c4ccc(-c5ccc(CC(C)(C)C(F)(F)F)cc5)cc4)sc23)cc(C)c1.[Ir]. The zero-order valence-corrected chi connectivity index (χ0v) is 36.0. The summed E-state index contributed by atoms with van der Waals surface area (Å²) in [7, 11) is 0. The van der Waals surface area contributed by atoms with Gasteiger partial charge in [0.25, 0.3) is 0 Å². The standard InChI is InChI=1S/C32H28F3N2S.C13H24O2.Ir/c1-19-14-20(2)16-26(15-19)28-30-27(36-18-37-28)21(3)29(38-30)25-12-10-24(11-13-25)23-8-6-22(7-9-23)17-31(4,5)32(33,34)35;1-5-10(6-2)12(14)9-13(15)11(7-3)8-4;/h6-15,18H,17H2,1-5H3;9-11,14H,5-8H2,1-4H3;/q-1;;/b;12-9-;. The van der Waals surface area contributed by atoms with Gasteiger partial charge in [-0.2, -0.15) is 13.2 Å². The van der Waals surface area contributed by atoms with Gasteiger partial charge in [-0.3, -0.25) is 9.78 Å². The summed E-state index contributed by atoms with van der Waals surface area (Å²) in [6.07, 6.45) is 2.24. The minimum absolute atomic E-state index is 0. The molecular weight excluding hydrogens is 882 g/mol. The fraction of sp³-hybridized carbons (Fsp3) is 0.400. The van der Waals surface area contributed by atoms with Crippen LogP contribution in [-0.2, 0) is 31.3 Å². The number of nitrogens with zero attached hydrogens (tertiary/aromatic N) is 2. The molecule has 5 rings (SSSR count). The number of hydrogen-bond acceptors (Lipinski definition) is 5. The van der Waals surface area contributed by atoms with Crippen LogP contribution >= 0.6 is 11.3 Å². The third-order valence-corrected chi connectivity index (χ3v) is 11.4. The second-order valence-corrected chi connectivity index (χ2v) is 15.6. The molecule has 0 fully saturated rings. The Morgan fingerprint density at radius 1 is 0.833 bits per heavy atom. The van der Waals surface area contributed by atoms with E-state index in [0.717, 1.165) is 79.9 Å². The van der Waals surface area contributed by atoms with Crippen LogP contribution in [0.15, 0.2) is 78.8 Å². The maximum atomic E-state index is 13.3. The van der Waals surface area contributed by atoms with E-state index in [1.807, 2.05) is 46.8 Å². The molecule has 0 aliphatic carbocycles. The van der Waals surface area contributed by atoms with Crippen LogP contribution in [0.1, 0.15) is 89.5 Å². The van der Waals surface area contributed by atoms with E-state index in [0.29, 0.717) is 5.56 Å². The molecule has 9 heteroatoms. The Bertz CT molecular complexity index is 2010. The zero-order chi connectivity index (χ0) is 39.1. The number of carbonyl (C=O) groups is 1. The molecule has 0 aliphatic rings. The predicted octanol–water partition coefficient (Wildman–Crippen LogP) is 13.4. The van der Waals surface area contributed by atoms with Crippen molar-refractivity contribution in [1.82, 2.24) is 9.97 Å². The number of halogens is 3. The molecule has 2 heterocycles. The number of rotatable bonds is 12. The number of benzene rings is 3. The number of alkyl halides is 3. The first-order valence-electron chi connectivity index (χ1n) is 18.5. The van der Waals surface area contributed by atoms with Gasteiger partial charge >= 0.3 is 6.18 Å². The van der Waals surface area contributed by atoms with Crippen molar-refractivity contribution >= 4 is 27.3 Å². The van der Waals surface area contributed by atoms with Crippen molar-refractivity contribution in [2.24, 2.45) is 17.3 Å². The fourth-order valence-electron chi connectivity index (χ4n) is 6.53. The van der Waals surface area contributed by atoms with Gasteiger partial charge in [-0.15, -0.1) is 46.2 Å². The quantitative estimate of drug-likeness (QED) is 0.0769. The van der Waals surface area contributed by atoms with Gasteiger partial charge in [0.05, 0.1) is 16.7 Å². The number of aromatic nitrogens is 2. The Balaban J connectivity index is 0.000000418. The molecule has 0 bridgehead atoms. The van der Waals surface area contributed by atoms with Crippen LogP contribution in [0.4, 0.5) is 13.2 Å². The Labute approximate surface area is 336 Å². The number of aliphatic hydroxyl groups excluding tert-OH is 1. The first-order valence-corrected chi connectivity index (χ1v) is 19.3. The topological polar surface area (TPSA) is 63.1 Å². The first kappa shape index (κ1) is 44.7. The van der Waals surface area contributed by atoms with Crippen molar-refractivity contribution in [3.63, 3.8) is 0 Å². The summed E-state index contributed by atoms with van der Waals surface area (Å²) in [4.78, 5) is 22.1. The maximum absolute atomic E-state index is 13.3. The van der Waals surface area contributed by atoms with Crippen molar-refractivity contribution in [2.75, 3.05) is 0 Å². The number of allylic oxidation sites excluding steroid dienone is 2. The van der Waals surface area contributed by atoms with Crippen molar-refractivity contribution < 1.29 is 43.2 Å². The monoisotopic (exact) mass is 934 g/mol. The molecule has 0 unspecified atom stereocenters. The molecule has 5 aromatic rings. The van der Waals surface area contributed by atoms with Gasteiger partial charge in [0.1, 0.15) is 6.33 Å². The molecule has 0 saturated carbocycles. The number of hydrogen-bond donors (Lipinski definition) is 1. The van der Waals surface area contributed by atoms with Crippen LogP contribution in [0.2, 0.25) is 0 Å². The summed E-state index contributed by atoms with van der Waals surface area (Å²) >= 11 is 1.68. The van der Waals surface area contributed by atoms with Gasteiger partial charge in [0.2, 0.25) is 0 Å². The van der Waals surface area contributed by atoms with Crippen LogP contribution in [0.5, 0.6) is 0 Å². The Morgan fingerprint density at radius 2 is 1.37 bits per heavy atom. The normalized spacial score (nSPS) is 12.1. The van der Waals surface area contributed by atoms with E-state index in [4.69, 9.17) is 0 Å². The summed E-state index contributed by atoms with van der Waals surface area (Å²) in [5.74, 6) is 0.547. The van der Waals surface area contributed by atoms with Gasteiger partial charge in [0, 0.05) is 53.3 Å². The number of thiophene rings is 1. The zero-order valence-electron chi connectivity index (χ0n) is 32.7. The van der Waals surface area contributed by atoms with E-state index < -0.39 is 11.6 Å². The molecule has 0 atom stereocenters. The number of ketones is 1. The summed E-state index contributed by atoms with van der Waals surface area (Å²) in [5.41, 5.74) is 8.16. The molecule has 0 amide bonds. The Morgan fingerprint density at radius 3 is 1.89 bits per heavy atom. The van der Waals surface area contributed by atoms with Crippen molar-refractivity contribution in [2.45, 2.75) is 101 Å². The molecule has 0 saturated heterocycles. The summed E-state index contributed by atoms with van der Waals surface area (Å²) in [6, 6.07) is 23.3. The van der Waals surface area contributed by atoms with Gasteiger partial charge < -0.3 is 5.11 Å². The third kappa shape index (κ3) is 10.8. The van der Waals surface area contributed by atoms with E-state index in [2.05, 4.69) is 66.3 Å². The summed E-state index contributed by atoms with van der Waals surface area (Å²) in [6.45, 7) is 16.8. The maximum Gasteiger partial charge on any atom is 0.394 e. The van der Waals surface area contributed by atoms with Gasteiger partial charge in [-0.25, -0.2) is 4.98 Å². The van der Waals surface area contributed by atoms with Crippen LogP contribution in [-0.4, -0.2) is 27.0 Å². The number of aliphatic hydroxyl groups is 1. The number of fused-ring (bicyclic) bond motifs is 1. The first-order chi connectivity index (χ1) is 25.0. The van der Waals surface area contributed by atoms with E-state index >= 15 is 0 Å². The predicted molar refractivity (Wildman–Crippen MR) is 214 cm³/mol. The number of aryl methyl sites for hydroxylation is 3. The van der Waals surface area contributed by atoms with Crippen LogP contribution in [0.3, 0.4) is 0 Å². The fourth-order valence-corrected chi connectivity index (χ4v) is 7.80. The number of carbonyl (C=O) groups excluding carboxylic acids is 1. The summed E-state index contributed by atoms with van der Waals surface area (Å²) in [5, 5.41) is 9.76. The molecule has 0 aliphatic heterocycles. The molecule has 1 N–H and O–H groups in total. The average Bonchev–Trinajstić information content (AvgIpc) is 3.45. The molecular formula is C45H52F3IrN2O2S-. The van der Waals surface area contributed by atoms with Crippen LogP contribution < -0.4 is 0 Å². The van der Waals surface area contributed by atoms with Gasteiger partial charge in [-0.05, 0) is 66.8 Å². The van der Waals surface area contributed by atoms with Gasteiger partial charge in [0.15, 0.2) is 5.78 Å². The Kier molecular flexibility index (Phi) is 16.0. The second kappa shape index (κ2) is 19.3. The van der Waals surface area contributed by atoms with E-state index in [1.165, 1.54) is 25.5 Å². The molecule has 3 aromatic carbocycles. The average molecular weight is 934 g/mol. The van der Waals surface area contributed by atoms with Crippen molar-refractivity contribution in [3.8, 4) is 32.8 Å². The molecule has 2 aromatic heterocycles. The van der Waals surface area contributed by atoms with E-state index in [9.17, 15) is 23.1 Å². The minimum atomic E-state index is -4.24. The molecule has 54 heavy (non-hydrogen) atoms. The van der Waals surface area contributed by atoms with E-state index in [-0.39, 0.29) is 49.9 Å². The van der Waals surface area contributed by atoms with Crippen molar-refractivity contribution in [1.29, 1.82) is 0 Å². The molecule has 1 radical (unpaired) electrons. The Hall–Kier alpha value is -3.65. The molecule has 4 nitrogen and oxygen atoms in total. The van der Waals surface area contributed by atoms with Gasteiger partial charge in [-0.1, -0.05) is 104 Å². The molecule has 0 spiro atoms. The minimum Gasteiger partial charge on any atom is -0.512 e. The van der Waals surface area contributed by atoms with Crippen LogP contribution in [0, 0.1) is 44.1 Å². The van der Waals surface area contributed by atoms with E-state index in [1.54, 1.807) is 29.8 Å². The van der Waals surface area contributed by atoms with Crippen molar-refractivity contribution in [3.05, 3.63) is 107 Å². The molecule has 291 valence electrons. The second-order valence-electron chi connectivity index (χ2n) is 14.5. The third-order valence-electron chi connectivity index (χ3n) is 10.0. The smallest absolute Gasteiger partial charge is 0.394 e.